The highest BCUT2D eigenvalue weighted by molar-refractivity contribution is 7.98. The molecule has 72 valence electrons. The number of thioether (sulfide) groups is 1. The fourth-order valence-electron chi connectivity index (χ4n) is 1.24. The van der Waals surface area contributed by atoms with Crippen molar-refractivity contribution in [2.24, 2.45) is 7.05 Å². The second-order valence-corrected chi connectivity index (χ2v) is 3.58. The number of rotatable bonds is 2. The third-order valence-corrected chi connectivity index (χ3v) is 2.66. The summed E-state index contributed by atoms with van der Waals surface area (Å²) in [6.45, 7) is 0. The predicted octanol–water partition coefficient (Wildman–Crippen LogP) is 1.60. The van der Waals surface area contributed by atoms with Crippen molar-refractivity contribution in [3.8, 4) is 11.4 Å². The van der Waals surface area contributed by atoms with Gasteiger partial charge in [0.1, 0.15) is 0 Å². The van der Waals surface area contributed by atoms with Crippen molar-refractivity contribution >= 4 is 11.8 Å². The molecular weight excluding hydrogens is 198 g/mol. The van der Waals surface area contributed by atoms with Gasteiger partial charge in [-0.15, -0.1) is 10.2 Å². The van der Waals surface area contributed by atoms with E-state index in [4.69, 9.17) is 0 Å². The van der Waals surface area contributed by atoms with Crippen LogP contribution in [0.4, 0.5) is 0 Å². The molecule has 0 aromatic carbocycles. The van der Waals surface area contributed by atoms with E-state index in [2.05, 4.69) is 15.2 Å². The second kappa shape index (κ2) is 3.79. The van der Waals surface area contributed by atoms with Crippen molar-refractivity contribution in [3.63, 3.8) is 0 Å². The van der Waals surface area contributed by atoms with E-state index in [1.54, 1.807) is 24.2 Å². The molecule has 2 rings (SSSR count). The van der Waals surface area contributed by atoms with Crippen LogP contribution in [0.3, 0.4) is 0 Å². The smallest absolute Gasteiger partial charge is 0.190 e. The molecule has 0 fully saturated rings. The lowest BCUT2D eigenvalue weighted by atomic mass is 10.3. The van der Waals surface area contributed by atoms with Crippen LogP contribution in [0.2, 0.25) is 0 Å². The summed E-state index contributed by atoms with van der Waals surface area (Å²) in [7, 11) is 1.95. The SMILES string of the molecule is CS[14c]1nnc(-c2cccnc2)n1C. The van der Waals surface area contributed by atoms with E-state index in [1.165, 1.54) is 0 Å². The Balaban J connectivity index is 2.48. The fourth-order valence-corrected chi connectivity index (χ4v) is 1.72. The van der Waals surface area contributed by atoms with Crippen LogP contribution < -0.4 is 0 Å². The van der Waals surface area contributed by atoms with Gasteiger partial charge in [0, 0.05) is 25.0 Å². The molecular formula is C9H10N4S. The average molecular weight is 208 g/mol. The highest BCUT2D eigenvalue weighted by Crippen LogP contribution is 2.19. The predicted molar refractivity (Wildman–Crippen MR) is 56.0 cm³/mol. The van der Waals surface area contributed by atoms with Gasteiger partial charge in [0.15, 0.2) is 11.0 Å². The van der Waals surface area contributed by atoms with E-state index >= 15 is 0 Å². The van der Waals surface area contributed by atoms with Crippen LogP contribution in [-0.2, 0) is 7.05 Å². The van der Waals surface area contributed by atoms with Crippen LogP contribution in [-0.4, -0.2) is 26.0 Å². The van der Waals surface area contributed by atoms with E-state index < -0.39 is 0 Å². The molecule has 0 N–H and O–H groups in total. The Bertz CT molecular complexity index is 424. The molecule has 2 aromatic rings. The van der Waals surface area contributed by atoms with Gasteiger partial charge in [-0.1, -0.05) is 11.8 Å². The van der Waals surface area contributed by atoms with Gasteiger partial charge >= 0.3 is 0 Å². The monoisotopic (exact) mass is 208 g/mol. The zero-order valence-electron chi connectivity index (χ0n) is 8.01. The number of aromatic nitrogens is 4. The zero-order valence-corrected chi connectivity index (χ0v) is 8.82. The minimum absolute atomic E-state index is 0.849. The highest BCUT2D eigenvalue weighted by atomic mass is 32.2. The van der Waals surface area contributed by atoms with Crippen LogP contribution in [0.25, 0.3) is 11.4 Å². The summed E-state index contributed by atoms with van der Waals surface area (Å²) in [5.41, 5.74) is 0.989. The Kier molecular flexibility index (Phi) is 2.49. The van der Waals surface area contributed by atoms with Crippen LogP contribution in [0.15, 0.2) is 29.7 Å². The maximum atomic E-state index is 4.11. The molecule has 4 nitrogen and oxygen atoms in total. The molecule has 0 amide bonds. The summed E-state index contributed by atoms with van der Waals surface area (Å²) in [5.74, 6) is 0.849. The Labute approximate surface area is 86.4 Å². The maximum absolute atomic E-state index is 4.11. The lowest BCUT2D eigenvalue weighted by molar-refractivity contribution is 0.795. The summed E-state index contributed by atoms with van der Waals surface area (Å²) in [4.78, 5) is 4.05. The topological polar surface area (TPSA) is 43.6 Å². The Morgan fingerprint density at radius 2 is 2.36 bits per heavy atom. The van der Waals surface area contributed by atoms with Gasteiger partial charge in [0.05, 0.1) is 0 Å². The first-order valence-corrected chi connectivity index (χ1v) is 5.39. The fraction of sp³-hybridized carbons (Fsp3) is 0.222. The van der Waals surface area contributed by atoms with Gasteiger partial charge in [-0.2, -0.15) is 0 Å². The standard InChI is InChI=1S/C9H10N4S/c1-13-8(11-12-9(13)14-2)7-4-3-5-10-6-7/h3-6H,1-2H3/i9+2. The van der Waals surface area contributed by atoms with Crippen molar-refractivity contribution < 1.29 is 0 Å². The van der Waals surface area contributed by atoms with E-state index in [9.17, 15) is 0 Å². The van der Waals surface area contributed by atoms with Gasteiger partial charge in [-0.05, 0) is 18.4 Å². The average Bonchev–Trinajstić information content (AvgIpc) is 2.61. The Morgan fingerprint density at radius 3 is 2.93 bits per heavy atom. The van der Waals surface area contributed by atoms with Crippen molar-refractivity contribution in [1.82, 2.24) is 19.7 Å². The van der Waals surface area contributed by atoms with Crippen molar-refractivity contribution in [3.05, 3.63) is 24.5 Å². The van der Waals surface area contributed by atoms with Crippen LogP contribution in [0.1, 0.15) is 0 Å². The van der Waals surface area contributed by atoms with Crippen molar-refractivity contribution in [2.45, 2.75) is 5.16 Å². The van der Waals surface area contributed by atoms with E-state index in [0.29, 0.717) is 0 Å². The minimum atomic E-state index is 0.849. The highest BCUT2D eigenvalue weighted by Gasteiger charge is 2.08. The molecule has 0 aliphatic heterocycles. The molecule has 0 aliphatic carbocycles. The third kappa shape index (κ3) is 1.50. The molecule has 0 spiro atoms. The second-order valence-electron chi connectivity index (χ2n) is 2.81. The molecule has 14 heavy (non-hydrogen) atoms. The molecule has 0 bridgehead atoms. The minimum Gasteiger partial charge on any atom is -0.305 e. The summed E-state index contributed by atoms with van der Waals surface area (Å²) in [6, 6.07) is 3.86. The number of nitrogens with zero attached hydrogens (tertiary/aromatic N) is 4. The summed E-state index contributed by atoms with van der Waals surface area (Å²) in [6.07, 6.45) is 5.51. The first-order chi connectivity index (χ1) is 6.83. The van der Waals surface area contributed by atoms with Crippen LogP contribution >= 0.6 is 11.8 Å². The molecule has 0 atom stereocenters. The Morgan fingerprint density at radius 1 is 1.50 bits per heavy atom. The largest absolute Gasteiger partial charge is 0.305 e. The van der Waals surface area contributed by atoms with Gasteiger partial charge in [0.2, 0.25) is 0 Å². The molecule has 2 heterocycles. The summed E-state index contributed by atoms with van der Waals surface area (Å²) in [5, 5.41) is 9.07. The van der Waals surface area contributed by atoms with Crippen molar-refractivity contribution in [1.29, 1.82) is 0 Å². The molecule has 5 heteroatoms. The van der Waals surface area contributed by atoms with E-state index in [1.807, 2.05) is 30.0 Å². The van der Waals surface area contributed by atoms with Crippen molar-refractivity contribution in [2.75, 3.05) is 6.26 Å². The van der Waals surface area contributed by atoms with Crippen LogP contribution in [0.5, 0.6) is 0 Å². The number of hydrogen-bond acceptors (Lipinski definition) is 4. The third-order valence-electron chi connectivity index (χ3n) is 1.94. The summed E-state index contributed by atoms with van der Waals surface area (Å²) >= 11 is 1.58. The molecule has 0 unspecified atom stereocenters. The lowest BCUT2D eigenvalue weighted by Gasteiger charge is -2.00. The Hall–Kier alpha value is -1.36. The normalized spacial score (nSPS) is 10.4. The quantitative estimate of drug-likeness (QED) is 0.703. The van der Waals surface area contributed by atoms with E-state index in [0.717, 1.165) is 16.5 Å². The molecule has 0 saturated heterocycles. The first-order valence-electron chi connectivity index (χ1n) is 4.16. The van der Waals surface area contributed by atoms with Gasteiger partial charge < -0.3 is 4.57 Å². The van der Waals surface area contributed by atoms with Gasteiger partial charge in [0.25, 0.3) is 0 Å². The lowest BCUT2D eigenvalue weighted by Crippen LogP contribution is -1.94. The van der Waals surface area contributed by atoms with Gasteiger partial charge in [-0.3, -0.25) is 4.98 Å². The number of pyridine rings is 1. The summed E-state index contributed by atoms with van der Waals surface area (Å²) < 4.78 is 1.96. The molecule has 0 radical (unpaired) electrons. The maximum Gasteiger partial charge on any atom is 0.190 e. The van der Waals surface area contributed by atoms with Gasteiger partial charge in [-0.25, -0.2) is 0 Å². The molecule has 0 saturated carbocycles. The first kappa shape index (κ1) is 9.21. The van der Waals surface area contributed by atoms with Crippen LogP contribution in [0, 0.1) is 0 Å². The van der Waals surface area contributed by atoms with E-state index in [-0.39, 0.29) is 0 Å². The molecule has 2 aromatic heterocycles. The zero-order chi connectivity index (χ0) is 9.97. The molecule has 0 aliphatic rings. The number of hydrogen-bond donors (Lipinski definition) is 0.